The van der Waals surface area contributed by atoms with Crippen molar-refractivity contribution in [1.82, 2.24) is 0 Å². The van der Waals surface area contributed by atoms with E-state index in [0.717, 1.165) is 37.8 Å². The second-order valence-electron chi connectivity index (χ2n) is 5.24. The fourth-order valence-corrected chi connectivity index (χ4v) is 2.17. The summed E-state index contributed by atoms with van der Waals surface area (Å²) < 4.78 is 43.9. The molecule has 0 radical (unpaired) electrons. The van der Waals surface area contributed by atoms with Gasteiger partial charge in [-0.25, -0.2) is 0 Å². The van der Waals surface area contributed by atoms with Gasteiger partial charge >= 0.3 is 13.3 Å². The summed E-state index contributed by atoms with van der Waals surface area (Å²) in [6, 6.07) is 3.16. The molecule has 0 atom stereocenters. The lowest BCUT2D eigenvalue weighted by molar-refractivity contribution is -0.137. The molecule has 0 aliphatic heterocycles. The van der Waals surface area contributed by atoms with Crippen LogP contribution < -0.4 is 10.2 Å². The summed E-state index contributed by atoms with van der Waals surface area (Å²) >= 11 is 0. The van der Waals surface area contributed by atoms with Gasteiger partial charge in [-0.3, -0.25) is 0 Å². The maximum atomic E-state index is 12.9. The summed E-state index contributed by atoms with van der Waals surface area (Å²) in [4.78, 5) is 0. The quantitative estimate of drug-likeness (QED) is 0.543. The Morgan fingerprint density at radius 3 is 2.27 bits per heavy atom. The van der Waals surface area contributed by atoms with Gasteiger partial charge in [0.25, 0.3) is 0 Å². The molecule has 124 valence electrons. The van der Waals surface area contributed by atoms with Gasteiger partial charge in [-0.15, -0.1) is 0 Å². The molecule has 0 saturated heterocycles. The van der Waals surface area contributed by atoms with E-state index in [0.29, 0.717) is 6.61 Å². The van der Waals surface area contributed by atoms with Gasteiger partial charge in [-0.1, -0.05) is 45.1 Å². The molecule has 1 aromatic rings. The second-order valence-corrected chi connectivity index (χ2v) is 5.24. The molecule has 0 aliphatic rings. The van der Waals surface area contributed by atoms with E-state index >= 15 is 0 Å². The van der Waals surface area contributed by atoms with E-state index < -0.39 is 24.3 Å². The van der Waals surface area contributed by atoms with Crippen LogP contribution in [0.1, 0.15) is 51.0 Å². The van der Waals surface area contributed by atoms with Crippen molar-refractivity contribution in [3.8, 4) is 5.75 Å². The highest BCUT2D eigenvalue weighted by atomic mass is 19.4. The molecule has 0 heterocycles. The first-order chi connectivity index (χ1) is 10.4. The van der Waals surface area contributed by atoms with E-state index in [1.165, 1.54) is 18.9 Å². The molecule has 2 N–H and O–H groups in total. The molecular formula is C15H22BF3O3. The van der Waals surface area contributed by atoms with Gasteiger partial charge in [-0.2, -0.15) is 13.2 Å². The van der Waals surface area contributed by atoms with Crippen LogP contribution in [0.2, 0.25) is 0 Å². The van der Waals surface area contributed by atoms with E-state index in [9.17, 15) is 13.2 Å². The summed E-state index contributed by atoms with van der Waals surface area (Å²) in [5.41, 5.74) is -1.65. The minimum Gasteiger partial charge on any atom is -0.494 e. The Morgan fingerprint density at radius 2 is 1.68 bits per heavy atom. The first-order valence-corrected chi connectivity index (χ1v) is 7.56. The van der Waals surface area contributed by atoms with Crippen LogP contribution in [0.3, 0.4) is 0 Å². The molecule has 0 bridgehead atoms. The predicted octanol–water partition coefficient (Wildman–Crippen LogP) is 3.12. The third kappa shape index (κ3) is 6.28. The lowest BCUT2D eigenvalue weighted by Gasteiger charge is -2.14. The number of hydrogen-bond acceptors (Lipinski definition) is 3. The van der Waals surface area contributed by atoms with Gasteiger partial charge in [0.1, 0.15) is 5.75 Å². The third-order valence-electron chi connectivity index (χ3n) is 3.37. The number of alkyl halides is 3. The second kappa shape index (κ2) is 9.05. The van der Waals surface area contributed by atoms with Crippen molar-refractivity contribution < 1.29 is 28.0 Å². The highest BCUT2D eigenvalue weighted by Crippen LogP contribution is 2.30. The lowest BCUT2D eigenvalue weighted by Crippen LogP contribution is -2.36. The maximum absolute atomic E-state index is 12.9. The Morgan fingerprint density at radius 1 is 1.05 bits per heavy atom. The fourth-order valence-electron chi connectivity index (χ4n) is 2.17. The van der Waals surface area contributed by atoms with Crippen molar-refractivity contribution >= 4 is 12.6 Å². The highest BCUT2D eigenvalue weighted by molar-refractivity contribution is 6.59. The average molecular weight is 318 g/mol. The molecular weight excluding hydrogens is 296 g/mol. The van der Waals surface area contributed by atoms with Crippen LogP contribution in [0.25, 0.3) is 0 Å². The Bertz CT molecular complexity index is 450. The van der Waals surface area contributed by atoms with Crippen molar-refractivity contribution in [1.29, 1.82) is 0 Å². The van der Waals surface area contributed by atoms with Crippen molar-refractivity contribution in [3.63, 3.8) is 0 Å². The van der Waals surface area contributed by atoms with Crippen molar-refractivity contribution in [3.05, 3.63) is 23.8 Å². The number of ether oxygens (including phenoxy) is 1. The summed E-state index contributed by atoms with van der Waals surface area (Å²) in [5.74, 6) is 0.0882. The van der Waals surface area contributed by atoms with E-state index in [4.69, 9.17) is 14.8 Å². The molecule has 0 aliphatic carbocycles. The molecule has 22 heavy (non-hydrogen) atoms. The monoisotopic (exact) mass is 318 g/mol. The van der Waals surface area contributed by atoms with Gasteiger partial charge in [0.15, 0.2) is 0 Å². The number of benzene rings is 1. The zero-order valence-corrected chi connectivity index (χ0v) is 12.7. The molecule has 0 unspecified atom stereocenters. The Labute approximate surface area is 129 Å². The van der Waals surface area contributed by atoms with Gasteiger partial charge in [-0.05, 0) is 24.0 Å². The maximum Gasteiger partial charge on any atom is 0.489 e. The minimum atomic E-state index is -4.65. The molecule has 0 spiro atoms. The standard InChI is InChI=1S/C15H22BF3O3/c1-2-3-4-5-6-7-10-22-12-8-9-14(16(20)21)13(11-12)15(17,18)19/h8-9,11,20-21H,2-7,10H2,1H3. The topological polar surface area (TPSA) is 49.7 Å². The van der Waals surface area contributed by atoms with Crippen molar-refractivity contribution in [2.75, 3.05) is 6.61 Å². The largest absolute Gasteiger partial charge is 0.494 e. The van der Waals surface area contributed by atoms with Gasteiger partial charge in [0.2, 0.25) is 0 Å². The highest BCUT2D eigenvalue weighted by Gasteiger charge is 2.36. The van der Waals surface area contributed by atoms with E-state index in [1.807, 2.05) is 0 Å². The predicted molar refractivity (Wildman–Crippen MR) is 80.1 cm³/mol. The van der Waals surface area contributed by atoms with Crippen LogP contribution in [0.5, 0.6) is 5.75 Å². The fraction of sp³-hybridized carbons (Fsp3) is 0.600. The van der Waals surface area contributed by atoms with Gasteiger partial charge in [0, 0.05) is 0 Å². The number of hydrogen-bond donors (Lipinski definition) is 2. The zero-order valence-electron chi connectivity index (χ0n) is 12.7. The van der Waals surface area contributed by atoms with Crippen LogP contribution in [-0.4, -0.2) is 23.8 Å². The Hall–Kier alpha value is -1.21. The van der Waals surface area contributed by atoms with Crippen LogP contribution >= 0.6 is 0 Å². The molecule has 1 rings (SSSR count). The lowest BCUT2D eigenvalue weighted by atomic mass is 9.77. The SMILES string of the molecule is CCCCCCCCOc1ccc(B(O)O)c(C(F)(F)F)c1. The summed E-state index contributed by atoms with van der Waals surface area (Å²) in [6.45, 7) is 2.48. The van der Waals surface area contributed by atoms with Crippen LogP contribution in [0.4, 0.5) is 13.2 Å². The summed E-state index contributed by atoms with van der Waals surface area (Å²) in [5, 5.41) is 18.0. The van der Waals surface area contributed by atoms with Gasteiger partial charge < -0.3 is 14.8 Å². The summed E-state index contributed by atoms with van der Waals surface area (Å²) in [7, 11) is -2.16. The smallest absolute Gasteiger partial charge is 0.489 e. The first-order valence-electron chi connectivity index (χ1n) is 7.56. The molecule has 0 aromatic heterocycles. The van der Waals surface area contributed by atoms with Crippen LogP contribution in [0, 0.1) is 0 Å². The zero-order chi connectivity index (χ0) is 16.6. The first kappa shape index (κ1) is 18.8. The van der Waals surface area contributed by atoms with Crippen molar-refractivity contribution in [2.45, 2.75) is 51.6 Å². The molecule has 3 nitrogen and oxygen atoms in total. The molecule has 0 saturated carbocycles. The normalized spacial score (nSPS) is 11.5. The summed E-state index contributed by atoms with van der Waals surface area (Å²) in [6.07, 6.45) is 1.74. The van der Waals surface area contributed by atoms with Gasteiger partial charge in [0.05, 0.1) is 12.2 Å². The number of halogens is 3. The molecule has 0 fully saturated rings. The Kier molecular flexibility index (Phi) is 7.75. The molecule has 0 amide bonds. The Balaban J connectivity index is 2.54. The van der Waals surface area contributed by atoms with E-state index in [1.54, 1.807) is 0 Å². The minimum absolute atomic E-state index is 0.0882. The number of rotatable bonds is 9. The van der Waals surface area contributed by atoms with E-state index in [2.05, 4.69) is 6.92 Å². The van der Waals surface area contributed by atoms with Crippen molar-refractivity contribution in [2.24, 2.45) is 0 Å². The molecule has 1 aromatic carbocycles. The van der Waals surface area contributed by atoms with Crippen LogP contribution in [-0.2, 0) is 6.18 Å². The van der Waals surface area contributed by atoms with Crippen LogP contribution in [0.15, 0.2) is 18.2 Å². The number of unbranched alkanes of at least 4 members (excludes halogenated alkanes) is 5. The average Bonchev–Trinajstić information content (AvgIpc) is 2.45. The molecule has 7 heteroatoms. The third-order valence-corrected chi connectivity index (χ3v) is 3.37. The van der Waals surface area contributed by atoms with E-state index in [-0.39, 0.29) is 5.75 Å².